The summed E-state index contributed by atoms with van der Waals surface area (Å²) in [5.74, 6) is 0.713. The molecular weight excluding hydrogens is 411 g/mol. The Morgan fingerprint density at radius 3 is 1.73 bits per heavy atom. The zero-order valence-corrected chi connectivity index (χ0v) is 22.7. The van der Waals surface area contributed by atoms with E-state index in [1.165, 1.54) is 28.7 Å². The number of hydrogen-bond donors (Lipinski definition) is 0. The molecule has 2 nitrogen and oxygen atoms in total. The van der Waals surface area contributed by atoms with Crippen LogP contribution in [0.4, 0.5) is 5.69 Å². The van der Waals surface area contributed by atoms with Gasteiger partial charge in [-0.25, -0.2) is 0 Å². The molecule has 0 aliphatic carbocycles. The first kappa shape index (κ1) is 30.8. The summed E-state index contributed by atoms with van der Waals surface area (Å²) in [6.07, 6.45) is 5.29. The number of likely N-dealkylation sites (N-methyl/N-ethyl adjacent to an activating group) is 1. The normalized spacial score (nSPS) is 10.7. The van der Waals surface area contributed by atoms with Gasteiger partial charge in [0.15, 0.2) is 0 Å². The van der Waals surface area contributed by atoms with Crippen LogP contribution in [0.2, 0.25) is 0 Å². The summed E-state index contributed by atoms with van der Waals surface area (Å²) in [5.41, 5.74) is 6.10. The minimum Gasteiger partial charge on any atom is -0.359 e. The number of hydrogen-bond acceptors (Lipinski definition) is 2. The maximum atomic E-state index is 6.43. The van der Waals surface area contributed by atoms with Crippen LogP contribution in [0.1, 0.15) is 64.7 Å². The van der Waals surface area contributed by atoms with Gasteiger partial charge in [0.1, 0.15) is 10.3 Å². The van der Waals surface area contributed by atoms with Crippen LogP contribution in [-0.4, -0.2) is 25.5 Å². The van der Waals surface area contributed by atoms with E-state index in [0.717, 1.165) is 5.69 Å². The summed E-state index contributed by atoms with van der Waals surface area (Å²) < 4.78 is 0. The lowest BCUT2D eigenvalue weighted by Gasteiger charge is -2.26. The zero-order chi connectivity index (χ0) is 24.0. The Labute approximate surface area is 197 Å². The van der Waals surface area contributed by atoms with Crippen molar-refractivity contribution in [2.24, 2.45) is 5.92 Å². The summed E-state index contributed by atoms with van der Waals surface area (Å²) in [5, 5.41) is 1.01. The molecular formula is C26H44Cl2N2. The molecule has 0 spiro atoms. The molecule has 0 unspecified atom stereocenters. The summed E-state index contributed by atoms with van der Waals surface area (Å²) in [6, 6.07) is 4.29. The number of benzene rings is 1. The van der Waals surface area contributed by atoms with E-state index in [1.54, 1.807) is 6.08 Å². The Kier molecular flexibility index (Phi) is 16.8. The number of allylic oxidation sites excluding steroid dienone is 2. The van der Waals surface area contributed by atoms with Crippen LogP contribution in [0.15, 0.2) is 46.7 Å². The zero-order valence-electron chi connectivity index (χ0n) is 21.2. The molecule has 1 aromatic rings. The van der Waals surface area contributed by atoms with Crippen LogP contribution in [0.5, 0.6) is 0 Å². The van der Waals surface area contributed by atoms with Crippen molar-refractivity contribution < 1.29 is 0 Å². The van der Waals surface area contributed by atoms with Crippen molar-refractivity contribution >= 4 is 28.9 Å². The first-order valence-electron chi connectivity index (χ1n) is 10.7. The minimum absolute atomic E-state index is 0.506. The first-order valence-corrected chi connectivity index (χ1v) is 11.4. The Morgan fingerprint density at radius 2 is 1.43 bits per heavy atom. The van der Waals surface area contributed by atoms with E-state index in [0.29, 0.717) is 22.8 Å². The molecule has 0 heterocycles. The molecule has 4 heteroatoms. The lowest BCUT2D eigenvalue weighted by molar-refractivity contribution is 0.491. The van der Waals surface area contributed by atoms with Crippen molar-refractivity contribution in [1.29, 1.82) is 0 Å². The van der Waals surface area contributed by atoms with Gasteiger partial charge in [0, 0.05) is 26.3 Å². The fourth-order valence-corrected chi connectivity index (χ4v) is 3.46. The van der Waals surface area contributed by atoms with E-state index >= 15 is 0 Å². The van der Waals surface area contributed by atoms with Gasteiger partial charge in [-0.3, -0.25) is 0 Å². The molecule has 1 rings (SSSR count). The topological polar surface area (TPSA) is 6.48 Å². The summed E-state index contributed by atoms with van der Waals surface area (Å²) in [6.45, 7) is 23.5. The van der Waals surface area contributed by atoms with Gasteiger partial charge >= 0.3 is 0 Å². The van der Waals surface area contributed by atoms with E-state index in [9.17, 15) is 0 Å². The second-order valence-electron chi connectivity index (χ2n) is 8.25. The average molecular weight is 456 g/mol. The van der Waals surface area contributed by atoms with Crippen molar-refractivity contribution in [2.75, 3.05) is 25.5 Å². The molecule has 0 bridgehead atoms. The molecule has 0 fully saturated rings. The van der Waals surface area contributed by atoms with Crippen LogP contribution in [-0.2, 0) is 0 Å². The van der Waals surface area contributed by atoms with Crippen molar-refractivity contribution in [3.8, 4) is 0 Å². The molecule has 0 N–H and O–H groups in total. The van der Waals surface area contributed by atoms with E-state index in [-0.39, 0.29) is 0 Å². The second kappa shape index (κ2) is 16.3. The fraction of sp³-hybridized carbons (Fsp3) is 0.538. The van der Waals surface area contributed by atoms with Crippen molar-refractivity contribution in [1.82, 2.24) is 4.90 Å². The predicted octanol–water partition coefficient (Wildman–Crippen LogP) is 8.79. The molecule has 0 aliphatic heterocycles. The maximum absolute atomic E-state index is 6.43. The lowest BCUT2D eigenvalue weighted by atomic mass is 10.0. The number of aryl methyl sites for hydroxylation is 3. The highest BCUT2D eigenvalue weighted by molar-refractivity contribution is 6.39. The van der Waals surface area contributed by atoms with Crippen molar-refractivity contribution in [3.05, 3.63) is 63.4 Å². The highest BCUT2D eigenvalue weighted by atomic mass is 35.5. The van der Waals surface area contributed by atoms with Gasteiger partial charge in [0.2, 0.25) is 0 Å². The standard InChI is InChI=1S/C16H22Cl2N2.C7H14.C3H8/c1-7-8-19(5)15(17)16(18)20(6)14-12(3)9-11(2)10-13(14)4;1-6(2)5-7(3)4;1-3-2/h7,9-10H,1,8H2,2-6H3;5-6H,1-4H3;3H2,1-2H3/b16-15-;;. The van der Waals surface area contributed by atoms with Crippen LogP contribution in [0, 0.1) is 26.7 Å². The van der Waals surface area contributed by atoms with E-state index in [4.69, 9.17) is 23.2 Å². The summed E-state index contributed by atoms with van der Waals surface area (Å²) in [7, 11) is 3.81. The van der Waals surface area contributed by atoms with Crippen molar-refractivity contribution in [2.45, 2.75) is 68.7 Å². The highest BCUT2D eigenvalue weighted by Crippen LogP contribution is 2.31. The molecule has 172 valence electrons. The van der Waals surface area contributed by atoms with E-state index in [2.05, 4.69) is 87.1 Å². The third-order valence-electron chi connectivity index (χ3n) is 3.84. The third kappa shape index (κ3) is 12.3. The van der Waals surface area contributed by atoms with Gasteiger partial charge in [0.05, 0.1) is 0 Å². The third-order valence-corrected chi connectivity index (χ3v) is 4.84. The maximum Gasteiger partial charge on any atom is 0.144 e. The van der Waals surface area contributed by atoms with Gasteiger partial charge in [-0.05, 0) is 51.7 Å². The van der Waals surface area contributed by atoms with Gasteiger partial charge in [-0.2, -0.15) is 0 Å². The van der Waals surface area contributed by atoms with E-state index in [1.807, 2.05) is 23.9 Å². The molecule has 1 aromatic carbocycles. The van der Waals surface area contributed by atoms with Crippen LogP contribution >= 0.6 is 23.2 Å². The second-order valence-corrected chi connectivity index (χ2v) is 8.97. The molecule has 0 saturated carbocycles. The quantitative estimate of drug-likeness (QED) is 0.312. The number of halogens is 2. The number of anilines is 1. The van der Waals surface area contributed by atoms with E-state index < -0.39 is 0 Å². The Balaban J connectivity index is 0. The molecule has 0 saturated heterocycles. The Hall–Kier alpha value is -1.38. The molecule has 0 atom stereocenters. The Bertz CT molecular complexity index is 676. The predicted molar refractivity (Wildman–Crippen MR) is 141 cm³/mol. The minimum atomic E-state index is 0.506. The Morgan fingerprint density at radius 1 is 1.00 bits per heavy atom. The SMILES string of the molecule is C=CCN(C)/C(Cl)=C(/Cl)N(C)c1c(C)cc(C)cc1C.CC(C)=CC(C)C.CCC. The van der Waals surface area contributed by atoms with Gasteiger partial charge in [0.25, 0.3) is 0 Å². The largest absolute Gasteiger partial charge is 0.359 e. The lowest BCUT2D eigenvalue weighted by Crippen LogP contribution is -2.22. The number of nitrogens with zero attached hydrogens (tertiary/aromatic N) is 2. The monoisotopic (exact) mass is 454 g/mol. The van der Waals surface area contributed by atoms with Crippen molar-refractivity contribution in [3.63, 3.8) is 0 Å². The first-order chi connectivity index (χ1) is 13.8. The summed E-state index contributed by atoms with van der Waals surface area (Å²) in [4.78, 5) is 3.78. The fourth-order valence-electron chi connectivity index (χ4n) is 3.04. The molecule has 0 amide bonds. The number of rotatable bonds is 6. The van der Waals surface area contributed by atoms with Gasteiger partial charge in [-0.1, -0.05) is 92.7 Å². The average Bonchev–Trinajstić information content (AvgIpc) is 2.59. The van der Waals surface area contributed by atoms with Gasteiger partial charge < -0.3 is 9.80 Å². The van der Waals surface area contributed by atoms with Gasteiger partial charge in [-0.15, -0.1) is 6.58 Å². The molecule has 0 radical (unpaired) electrons. The summed E-state index contributed by atoms with van der Waals surface area (Å²) >= 11 is 12.8. The van der Waals surface area contributed by atoms with Crippen LogP contribution in [0.25, 0.3) is 0 Å². The smallest absolute Gasteiger partial charge is 0.144 e. The molecule has 30 heavy (non-hydrogen) atoms. The van der Waals surface area contributed by atoms with Crippen LogP contribution in [0.3, 0.4) is 0 Å². The molecule has 0 aromatic heterocycles. The van der Waals surface area contributed by atoms with Crippen LogP contribution < -0.4 is 4.90 Å². The molecule has 0 aliphatic rings. The highest BCUT2D eigenvalue weighted by Gasteiger charge is 2.16.